The SMILES string of the molecule is CC(C)CC(Oc1cc(Cl)c(Br)cc1Cl)C(=O)O. The van der Waals surface area contributed by atoms with Crippen molar-refractivity contribution in [2.45, 2.75) is 26.4 Å². The van der Waals surface area contributed by atoms with Gasteiger partial charge < -0.3 is 9.84 Å². The van der Waals surface area contributed by atoms with E-state index in [4.69, 9.17) is 33.0 Å². The molecule has 0 bridgehead atoms. The highest BCUT2D eigenvalue weighted by atomic mass is 79.9. The Kier molecular flexibility index (Phi) is 5.76. The quantitative estimate of drug-likeness (QED) is 0.783. The van der Waals surface area contributed by atoms with Crippen molar-refractivity contribution < 1.29 is 14.6 Å². The maximum Gasteiger partial charge on any atom is 0.344 e. The lowest BCUT2D eigenvalue weighted by Gasteiger charge is -2.18. The predicted octanol–water partition coefficient (Wildman–Crippen LogP) is 4.63. The van der Waals surface area contributed by atoms with Gasteiger partial charge in [-0.15, -0.1) is 0 Å². The van der Waals surface area contributed by atoms with E-state index in [-0.39, 0.29) is 11.7 Å². The fraction of sp³-hybridized carbons (Fsp3) is 0.417. The van der Waals surface area contributed by atoms with Crippen molar-refractivity contribution in [3.05, 3.63) is 26.7 Å². The minimum atomic E-state index is -1.01. The molecule has 0 spiro atoms. The highest BCUT2D eigenvalue weighted by Gasteiger charge is 2.22. The summed E-state index contributed by atoms with van der Waals surface area (Å²) in [6.45, 7) is 3.85. The number of rotatable bonds is 5. The Bertz CT molecular complexity index is 449. The Balaban J connectivity index is 2.93. The predicted molar refractivity (Wildman–Crippen MR) is 75.7 cm³/mol. The molecule has 1 N–H and O–H groups in total. The lowest BCUT2D eigenvalue weighted by molar-refractivity contribution is -0.145. The first-order chi connectivity index (χ1) is 8.31. The van der Waals surface area contributed by atoms with Crippen molar-refractivity contribution in [2.75, 3.05) is 0 Å². The van der Waals surface area contributed by atoms with Gasteiger partial charge in [0.05, 0.1) is 10.0 Å². The van der Waals surface area contributed by atoms with E-state index in [2.05, 4.69) is 15.9 Å². The normalized spacial score (nSPS) is 12.6. The van der Waals surface area contributed by atoms with Crippen LogP contribution in [-0.4, -0.2) is 17.2 Å². The Hall–Kier alpha value is -0.450. The lowest BCUT2D eigenvalue weighted by atomic mass is 10.1. The van der Waals surface area contributed by atoms with E-state index in [1.807, 2.05) is 13.8 Å². The maximum absolute atomic E-state index is 11.1. The highest BCUT2D eigenvalue weighted by Crippen LogP contribution is 2.35. The Morgan fingerprint density at radius 1 is 1.39 bits per heavy atom. The van der Waals surface area contributed by atoms with Crippen LogP contribution < -0.4 is 4.74 Å². The van der Waals surface area contributed by atoms with Crippen LogP contribution in [-0.2, 0) is 4.79 Å². The van der Waals surface area contributed by atoms with Crippen molar-refractivity contribution in [3.8, 4) is 5.75 Å². The van der Waals surface area contributed by atoms with Crippen molar-refractivity contribution in [3.63, 3.8) is 0 Å². The smallest absolute Gasteiger partial charge is 0.344 e. The van der Waals surface area contributed by atoms with Crippen molar-refractivity contribution in [1.82, 2.24) is 0 Å². The zero-order chi connectivity index (χ0) is 13.9. The molecule has 0 radical (unpaired) electrons. The van der Waals surface area contributed by atoms with E-state index >= 15 is 0 Å². The van der Waals surface area contributed by atoms with Gasteiger partial charge >= 0.3 is 5.97 Å². The van der Waals surface area contributed by atoms with Crippen LogP contribution >= 0.6 is 39.1 Å². The van der Waals surface area contributed by atoms with Gasteiger partial charge in [0, 0.05) is 10.5 Å². The molecule has 0 amide bonds. The topological polar surface area (TPSA) is 46.5 Å². The second-order valence-corrected chi connectivity index (χ2v) is 5.94. The molecule has 1 unspecified atom stereocenters. The fourth-order valence-electron chi connectivity index (χ4n) is 1.38. The van der Waals surface area contributed by atoms with Crippen molar-refractivity contribution in [1.29, 1.82) is 0 Å². The third-order valence-corrected chi connectivity index (χ3v) is 3.70. The number of hydrogen-bond donors (Lipinski definition) is 1. The minimum absolute atomic E-state index is 0.204. The van der Waals surface area contributed by atoms with Crippen LogP contribution in [0.2, 0.25) is 10.0 Å². The van der Waals surface area contributed by atoms with Crippen LogP contribution in [0.5, 0.6) is 5.75 Å². The standard InChI is InChI=1S/C12H13BrCl2O3/c1-6(2)3-11(12(16)17)18-10-5-8(14)7(13)4-9(10)15/h4-6,11H,3H2,1-2H3,(H,16,17). The molecule has 18 heavy (non-hydrogen) atoms. The van der Waals surface area contributed by atoms with Gasteiger partial charge in [-0.3, -0.25) is 0 Å². The molecular formula is C12H13BrCl2O3. The van der Waals surface area contributed by atoms with Crippen molar-refractivity contribution in [2.24, 2.45) is 5.92 Å². The molecule has 0 fully saturated rings. The van der Waals surface area contributed by atoms with E-state index in [0.717, 1.165) is 0 Å². The summed E-state index contributed by atoms with van der Waals surface area (Å²) in [7, 11) is 0. The van der Waals surface area contributed by atoms with E-state index in [1.54, 1.807) is 6.07 Å². The molecular weight excluding hydrogens is 343 g/mol. The van der Waals surface area contributed by atoms with Crippen LogP contribution in [0.25, 0.3) is 0 Å². The summed E-state index contributed by atoms with van der Waals surface area (Å²) in [5.74, 6) is -0.535. The number of hydrogen-bond acceptors (Lipinski definition) is 2. The van der Waals surface area contributed by atoms with E-state index < -0.39 is 12.1 Å². The number of carboxylic acids is 1. The van der Waals surface area contributed by atoms with Crippen LogP contribution in [0.1, 0.15) is 20.3 Å². The average Bonchev–Trinajstić information content (AvgIpc) is 2.23. The largest absolute Gasteiger partial charge is 0.479 e. The highest BCUT2D eigenvalue weighted by molar-refractivity contribution is 9.10. The van der Waals surface area contributed by atoms with Gasteiger partial charge in [0.25, 0.3) is 0 Å². The lowest BCUT2D eigenvalue weighted by Crippen LogP contribution is -2.28. The summed E-state index contributed by atoms with van der Waals surface area (Å²) >= 11 is 15.1. The molecule has 0 saturated heterocycles. The average molecular weight is 356 g/mol. The monoisotopic (exact) mass is 354 g/mol. The molecule has 1 atom stereocenters. The summed E-state index contributed by atoms with van der Waals surface area (Å²) in [6, 6.07) is 3.08. The zero-order valence-corrected chi connectivity index (χ0v) is 13.0. The first-order valence-corrected chi connectivity index (χ1v) is 6.90. The van der Waals surface area contributed by atoms with E-state index in [0.29, 0.717) is 20.9 Å². The summed E-state index contributed by atoms with van der Waals surface area (Å²) < 4.78 is 6.05. The molecule has 0 aliphatic heterocycles. The number of ether oxygens (including phenoxy) is 1. The van der Waals surface area contributed by atoms with Gasteiger partial charge in [0.15, 0.2) is 6.10 Å². The molecule has 1 aromatic rings. The van der Waals surface area contributed by atoms with Gasteiger partial charge in [0.2, 0.25) is 0 Å². The number of aliphatic carboxylic acids is 1. The fourth-order valence-corrected chi connectivity index (χ4v) is 2.21. The second kappa shape index (κ2) is 6.64. The van der Waals surface area contributed by atoms with E-state index in [9.17, 15) is 4.79 Å². The first-order valence-electron chi connectivity index (χ1n) is 5.35. The summed E-state index contributed by atoms with van der Waals surface area (Å²) in [5.41, 5.74) is 0. The van der Waals surface area contributed by atoms with Crippen LogP contribution in [0.4, 0.5) is 0 Å². The molecule has 0 aromatic heterocycles. The zero-order valence-electron chi connectivity index (χ0n) is 9.91. The molecule has 0 aliphatic carbocycles. The number of carbonyl (C=O) groups is 1. The Morgan fingerprint density at radius 2 is 2.00 bits per heavy atom. The molecule has 0 aliphatic rings. The van der Waals surface area contributed by atoms with Crippen LogP contribution in [0, 0.1) is 5.92 Å². The van der Waals surface area contributed by atoms with Gasteiger partial charge in [-0.2, -0.15) is 0 Å². The van der Waals surface area contributed by atoms with E-state index in [1.165, 1.54) is 6.07 Å². The van der Waals surface area contributed by atoms with Crippen LogP contribution in [0.15, 0.2) is 16.6 Å². The Morgan fingerprint density at radius 3 is 2.50 bits per heavy atom. The molecule has 3 nitrogen and oxygen atoms in total. The number of carboxylic acid groups (broad SMARTS) is 1. The third kappa shape index (κ3) is 4.34. The molecule has 1 rings (SSSR count). The minimum Gasteiger partial charge on any atom is -0.479 e. The van der Waals surface area contributed by atoms with Gasteiger partial charge in [0.1, 0.15) is 5.75 Å². The summed E-state index contributed by atoms with van der Waals surface area (Å²) in [5, 5.41) is 9.83. The van der Waals surface area contributed by atoms with Crippen LogP contribution in [0.3, 0.4) is 0 Å². The molecule has 0 saturated carbocycles. The number of benzene rings is 1. The van der Waals surface area contributed by atoms with Crippen molar-refractivity contribution >= 4 is 45.1 Å². The Labute approximate surface area is 124 Å². The summed E-state index contributed by atoms with van der Waals surface area (Å²) in [4.78, 5) is 11.1. The molecule has 1 aromatic carbocycles. The third-order valence-electron chi connectivity index (χ3n) is 2.20. The van der Waals surface area contributed by atoms with Gasteiger partial charge in [-0.05, 0) is 34.3 Å². The maximum atomic E-state index is 11.1. The molecule has 100 valence electrons. The second-order valence-electron chi connectivity index (χ2n) is 4.27. The van der Waals surface area contributed by atoms with Gasteiger partial charge in [-0.25, -0.2) is 4.79 Å². The first kappa shape index (κ1) is 15.6. The number of halogens is 3. The van der Waals surface area contributed by atoms with Gasteiger partial charge in [-0.1, -0.05) is 37.0 Å². The molecule has 6 heteroatoms. The summed E-state index contributed by atoms with van der Waals surface area (Å²) in [6.07, 6.45) is -0.529. The molecule has 0 heterocycles.